The van der Waals surface area contributed by atoms with Gasteiger partial charge in [-0.2, -0.15) is 57.1 Å². The lowest BCUT2D eigenvalue weighted by Gasteiger charge is -2.36. The predicted octanol–water partition coefficient (Wildman–Crippen LogP) is 6.48. The molecule has 180 valence electrons. The van der Waals surface area contributed by atoms with E-state index in [-0.39, 0.29) is 6.42 Å². The highest BCUT2D eigenvalue weighted by Crippen LogP contribution is 2.54. The minimum Gasteiger partial charge on any atom is -0.459 e. The Bertz CT molecular complexity index is 608. The molecule has 0 aromatic heterocycles. The molecule has 0 aliphatic carbocycles. The lowest BCUT2D eigenvalue weighted by molar-refractivity contribution is -0.351. The Hall–Kier alpha value is -1.44. The van der Waals surface area contributed by atoms with E-state index in [1.54, 1.807) is 0 Å². The Morgan fingerprint density at radius 2 is 1.07 bits per heavy atom. The van der Waals surface area contributed by atoms with E-state index < -0.39 is 66.6 Å². The molecule has 0 saturated heterocycles. The zero-order chi connectivity index (χ0) is 24.6. The van der Waals surface area contributed by atoms with E-state index in [2.05, 4.69) is 4.74 Å². The molecule has 0 aromatic carbocycles. The van der Waals surface area contributed by atoms with Gasteiger partial charge in [0.05, 0.1) is 11.8 Å². The first kappa shape index (κ1) is 28.6. The second-order valence-corrected chi connectivity index (χ2v) is 7.17. The molecule has 0 radical (unpaired) electrons. The predicted molar refractivity (Wildman–Crippen MR) is 75.1 cm³/mol. The lowest BCUT2D eigenvalue weighted by Crippen LogP contribution is -2.59. The summed E-state index contributed by atoms with van der Waals surface area (Å²) in [7, 11) is 0. The first-order valence-electron chi connectivity index (χ1n) is 7.98. The molecule has 0 N–H and O–H groups in total. The average Bonchev–Trinajstić information content (AvgIpc) is 2.48. The van der Waals surface area contributed by atoms with Crippen LogP contribution in [0.3, 0.4) is 0 Å². The van der Waals surface area contributed by atoms with E-state index in [9.17, 15) is 61.9 Å². The molecule has 0 aliphatic heterocycles. The molecule has 0 aliphatic rings. The van der Waals surface area contributed by atoms with Crippen LogP contribution >= 0.6 is 0 Å². The minimum absolute atomic E-state index is 0.0353. The molecule has 30 heavy (non-hydrogen) atoms. The van der Waals surface area contributed by atoms with E-state index in [0.717, 1.165) is 13.8 Å². The largest absolute Gasteiger partial charge is 0.459 e. The van der Waals surface area contributed by atoms with Gasteiger partial charge in [0.2, 0.25) is 0 Å². The van der Waals surface area contributed by atoms with Crippen molar-refractivity contribution < 1.29 is 66.6 Å². The first-order valence-corrected chi connectivity index (χ1v) is 7.98. The van der Waals surface area contributed by atoms with E-state index in [4.69, 9.17) is 0 Å². The standard InChI is InChI=1S/C15H17F13O2/c1-4-9(2,3)8(29)30-7-13(22,23)10(16,17)5-11(18,19)15(27,28)12(20,21)6-14(24,25)26/h4-7H2,1-3H3. The fraction of sp³-hybridized carbons (Fsp3) is 0.933. The Morgan fingerprint density at radius 1 is 0.667 bits per heavy atom. The monoisotopic (exact) mass is 476 g/mol. The quantitative estimate of drug-likeness (QED) is 0.266. The van der Waals surface area contributed by atoms with Gasteiger partial charge in [-0.15, -0.1) is 0 Å². The van der Waals surface area contributed by atoms with Crippen molar-refractivity contribution in [2.24, 2.45) is 5.41 Å². The van der Waals surface area contributed by atoms with E-state index >= 15 is 0 Å². The van der Waals surface area contributed by atoms with Gasteiger partial charge in [0.25, 0.3) is 0 Å². The SMILES string of the molecule is CCC(C)(C)C(=O)OCC(F)(F)C(F)(F)CC(F)(F)C(F)(F)C(F)(F)CC(F)(F)F. The Labute approximate surface area is 161 Å². The summed E-state index contributed by atoms with van der Waals surface area (Å²) < 4.78 is 173. The van der Waals surface area contributed by atoms with Gasteiger partial charge in [-0.3, -0.25) is 4.79 Å². The van der Waals surface area contributed by atoms with Crippen LogP contribution in [0.2, 0.25) is 0 Å². The maximum absolute atomic E-state index is 13.6. The molecule has 0 spiro atoms. The summed E-state index contributed by atoms with van der Waals surface area (Å²) in [5.41, 5.74) is -1.47. The van der Waals surface area contributed by atoms with Gasteiger partial charge in [-0.1, -0.05) is 6.92 Å². The molecule has 0 unspecified atom stereocenters. The van der Waals surface area contributed by atoms with Crippen LogP contribution in [0.25, 0.3) is 0 Å². The molecule has 0 bridgehead atoms. The fourth-order valence-corrected chi connectivity index (χ4v) is 1.75. The summed E-state index contributed by atoms with van der Waals surface area (Å²) in [4.78, 5) is 11.5. The van der Waals surface area contributed by atoms with Crippen molar-refractivity contribution in [3.8, 4) is 0 Å². The number of esters is 1. The highest BCUT2D eigenvalue weighted by molar-refractivity contribution is 5.75. The van der Waals surface area contributed by atoms with Crippen LogP contribution in [0.1, 0.15) is 40.0 Å². The zero-order valence-corrected chi connectivity index (χ0v) is 15.6. The summed E-state index contributed by atoms with van der Waals surface area (Å²) in [5, 5.41) is 0. The molecule has 0 rings (SSSR count). The van der Waals surface area contributed by atoms with E-state index in [1.165, 1.54) is 6.92 Å². The Balaban J connectivity index is 5.63. The second-order valence-electron chi connectivity index (χ2n) is 7.17. The van der Waals surface area contributed by atoms with Crippen LogP contribution in [0.15, 0.2) is 0 Å². The normalized spacial score (nSPS) is 15.3. The minimum atomic E-state index is -7.06. The number of alkyl halides is 13. The van der Waals surface area contributed by atoms with Gasteiger partial charge >= 0.3 is 41.8 Å². The van der Waals surface area contributed by atoms with Crippen molar-refractivity contribution in [2.75, 3.05) is 6.61 Å². The van der Waals surface area contributed by atoms with E-state index in [1.807, 2.05) is 0 Å². The van der Waals surface area contributed by atoms with Crippen molar-refractivity contribution in [3.63, 3.8) is 0 Å². The third kappa shape index (κ3) is 6.28. The summed E-state index contributed by atoms with van der Waals surface area (Å²) in [6.07, 6.45) is -13.9. The van der Waals surface area contributed by atoms with Crippen molar-refractivity contribution in [2.45, 2.75) is 75.8 Å². The number of carbonyl (C=O) groups is 1. The summed E-state index contributed by atoms with van der Waals surface area (Å²) in [6.45, 7) is 1.09. The van der Waals surface area contributed by atoms with Gasteiger partial charge in [0.15, 0.2) is 6.61 Å². The molecule has 0 amide bonds. The van der Waals surface area contributed by atoms with Crippen molar-refractivity contribution in [1.29, 1.82) is 0 Å². The van der Waals surface area contributed by atoms with Crippen molar-refractivity contribution >= 4 is 5.97 Å². The Kier molecular flexibility index (Phi) is 7.85. The molecule has 0 heterocycles. The van der Waals surface area contributed by atoms with Gasteiger partial charge < -0.3 is 4.74 Å². The zero-order valence-electron chi connectivity index (χ0n) is 15.6. The molecule has 0 atom stereocenters. The maximum atomic E-state index is 13.6. The smallest absolute Gasteiger partial charge is 0.395 e. The summed E-state index contributed by atoms with van der Waals surface area (Å²) in [6, 6.07) is 0. The van der Waals surface area contributed by atoms with Crippen LogP contribution in [-0.4, -0.2) is 48.4 Å². The van der Waals surface area contributed by atoms with Gasteiger partial charge in [0, 0.05) is 0 Å². The molecule has 0 fully saturated rings. The number of hydrogen-bond acceptors (Lipinski definition) is 2. The molecular formula is C15H17F13O2. The summed E-state index contributed by atoms with van der Waals surface area (Å²) >= 11 is 0. The van der Waals surface area contributed by atoms with E-state index in [0.29, 0.717) is 0 Å². The van der Waals surface area contributed by atoms with Crippen LogP contribution in [0, 0.1) is 5.41 Å². The Morgan fingerprint density at radius 3 is 1.43 bits per heavy atom. The summed E-state index contributed by atoms with van der Waals surface area (Å²) in [5.74, 6) is -33.7. The fourth-order valence-electron chi connectivity index (χ4n) is 1.75. The average molecular weight is 476 g/mol. The number of rotatable bonds is 10. The lowest BCUT2D eigenvalue weighted by atomic mass is 9.90. The number of hydrogen-bond donors (Lipinski definition) is 0. The number of ether oxygens (including phenoxy) is 1. The number of halogens is 13. The topological polar surface area (TPSA) is 26.3 Å². The first-order chi connectivity index (χ1) is 12.9. The molecular weight excluding hydrogens is 459 g/mol. The van der Waals surface area contributed by atoms with Crippen molar-refractivity contribution in [3.05, 3.63) is 0 Å². The van der Waals surface area contributed by atoms with Crippen LogP contribution < -0.4 is 0 Å². The highest BCUT2D eigenvalue weighted by Gasteiger charge is 2.76. The van der Waals surface area contributed by atoms with Crippen LogP contribution in [0.5, 0.6) is 0 Å². The van der Waals surface area contributed by atoms with Gasteiger partial charge in [-0.05, 0) is 20.3 Å². The van der Waals surface area contributed by atoms with Gasteiger partial charge in [0.1, 0.15) is 6.42 Å². The third-order valence-electron chi connectivity index (χ3n) is 4.14. The molecule has 15 heteroatoms. The second kappa shape index (κ2) is 8.24. The number of carbonyl (C=O) groups excluding carboxylic acids is 1. The molecule has 0 saturated carbocycles. The molecule has 0 aromatic rings. The van der Waals surface area contributed by atoms with Gasteiger partial charge in [-0.25, -0.2) is 0 Å². The highest BCUT2D eigenvalue weighted by atomic mass is 19.4. The maximum Gasteiger partial charge on any atom is 0.395 e. The third-order valence-corrected chi connectivity index (χ3v) is 4.14. The molecule has 2 nitrogen and oxygen atoms in total. The van der Waals surface area contributed by atoms with Crippen LogP contribution in [-0.2, 0) is 9.53 Å². The van der Waals surface area contributed by atoms with Crippen LogP contribution in [0.4, 0.5) is 57.1 Å². The van der Waals surface area contributed by atoms with Crippen molar-refractivity contribution in [1.82, 2.24) is 0 Å².